The van der Waals surface area contributed by atoms with Crippen LogP contribution >= 0.6 is 11.6 Å². The van der Waals surface area contributed by atoms with Crippen LogP contribution in [-0.2, 0) is 9.47 Å². The maximum Gasteiger partial charge on any atom is 0.227 e. The molecule has 0 atom stereocenters. The van der Waals surface area contributed by atoms with Crippen LogP contribution in [0.1, 0.15) is 37.1 Å². The molecule has 0 saturated carbocycles. The van der Waals surface area contributed by atoms with Crippen molar-refractivity contribution in [2.24, 2.45) is 16.5 Å². The number of ether oxygens (including phenoxy) is 2. The maximum atomic E-state index is 11.6. The van der Waals surface area contributed by atoms with Crippen molar-refractivity contribution in [3.8, 4) is 23.5 Å². The molecule has 0 spiro atoms. The largest absolute Gasteiger partial charge is 0.383 e. The van der Waals surface area contributed by atoms with E-state index in [0.29, 0.717) is 29.9 Å². The molecule has 5 heterocycles. The number of guanidine groups is 1. The van der Waals surface area contributed by atoms with Gasteiger partial charge in [-0.1, -0.05) is 25.4 Å². The number of nitrogens with two attached hydrogens (primary N) is 2. The summed E-state index contributed by atoms with van der Waals surface area (Å²) in [5, 5.41) is 21.6. The zero-order chi connectivity index (χ0) is 47.1. The number of hydrogen-bond donors (Lipinski definition) is 3. The zero-order valence-corrected chi connectivity index (χ0v) is 37.5. The van der Waals surface area contributed by atoms with Gasteiger partial charge in [0.05, 0.1) is 54.2 Å². The van der Waals surface area contributed by atoms with Crippen molar-refractivity contribution in [1.82, 2.24) is 24.8 Å². The van der Waals surface area contributed by atoms with Gasteiger partial charge in [-0.3, -0.25) is 4.79 Å². The number of benzene rings is 2. The average molecular weight is 889 g/mol. The van der Waals surface area contributed by atoms with Gasteiger partial charge >= 0.3 is 0 Å². The minimum absolute atomic E-state index is 0.0609. The second kappa shape index (κ2) is 25.6. The lowest BCUT2D eigenvalue weighted by molar-refractivity contribution is 0.104. The van der Waals surface area contributed by atoms with E-state index in [1.807, 2.05) is 73.6 Å². The van der Waals surface area contributed by atoms with Crippen LogP contribution in [0.15, 0.2) is 102 Å². The molecule has 5 N–H and O–H groups in total. The summed E-state index contributed by atoms with van der Waals surface area (Å²) in [6, 6.07) is 28.5. The van der Waals surface area contributed by atoms with E-state index in [1.165, 1.54) is 29.6 Å². The van der Waals surface area contributed by atoms with E-state index in [1.54, 1.807) is 44.4 Å². The molecule has 0 unspecified atom stereocenters. The number of rotatable bonds is 10. The fourth-order valence-corrected chi connectivity index (χ4v) is 6.12. The number of allylic oxidation sites excluding steroid dienone is 1. The number of hydrogen-bond acceptors (Lipinski definition) is 15. The van der Waals surface area contributed by atoms with E-state index in [-0.39, 0.29) is 28.2 Å². The van der Waals surface area contributed by atoms with Crippen molar-refractivity contribution in [1.29, 1.82) is 10.5 Å². The van der Waals surface area contributed by atoms with Crippen molar-refractivity contribution in [3.05, 3.63) is 119 Å². The SMILES string of the molecule is CN(C)/C=C/C(=O)c1ccc(Cl)c(C#N)n1.CN(C)c1ccc(-c2ccnc(Nc3ccc(N4CCOCC4)cc3)n2)nc1C#N.NC(N)=Nc1ccc(N2CCOCC2)cc1.[2H]CC. The Bertz CT molecular complexity index is 2420. The van der Waals surface area contributed by atoms with E-state index in [0.717, 1.165) is 69.7 Å². The van der Waals surface area contributed by atoms with Crippen LogP contribution in [0.4, 0.5) is 34.4 Å². The number of nitrogens with one attached hydrogen (secondary N) is 1. The normalized spacial score (nSPS) is 13.2. The van der Waals surface area contributed by atoms with Gasteiger partial charge in [0.15, 0.2) is 17.3 Å². The van der Waals surface area contributed by atoms with Crippen LogP contribution in [0.3, 0.4) is 0 Å². The molecule has 5 aromatic rings. The van der Waals surface area contributed by atoms with Crippen molar-refractivity contribution >= 4 is 57.7 Å². The maximum absolute atomic E-state index is 11.6. The molecule has 2 fully saturated rings. The van der Waals surface area contributed by atoms with Crippen LogP contribution in [0.5, 0.6) is 0 Å². The quantitative estimate of drug-likeness (QED) is 0.0599. The van der Waals surface area contributed by atoms with Crippen molar-refractivity contribution in [2.75, 3.05) is 101 Å². The highest BCUT2D eigenvalue weighted by molar-refractivity contribution is 6.31. The summed E-state index contributed by atoms with van der Waals surface area (Å²) in [5.74, 6) is 0.296. The number of anilines is 5. The van der Waals surface area contributed by atoms with E-state index in [4.69, 9.17) is 39.2 Å². The molecule has 18 heteroatoms. The van der Waals surface area contributed by atoms with E-state index < -0.39 is 0 Å². The fourth-order valence-electron chi connectivity index (χ4n) is 5.97. The summed E-state index contributed by atoms with van der Waals surface area (Å²) in [5.41, 5.74) is 17.3. The highest BCUT2D eigenvalue weighted by Crippen LogP contribution is 2.25. The molecule has 0 radical (unpaired) electrons. The number of aromatic nitrogens is 4. The molecule has 2 aliphatic heterocycles. The number of ketones is 1. The van der Waals surface area contributed by atoms with Gasteiger partial charge in [-0.05, 0) is 78.9 Å². The predicted octanol–water partition coefficient (Wildman–Crippen LogP) is 6.38. The van der Waals surface area contributed by atoms with Crippen LogP contribution < -0.4 is 31.5 Å². The number of pyridine rings is 2. The monoisotopic (exact) mass is 887 g/mol. The van der Waals surface area contributed by atoms with Crippen LogP contribution in [0.2, 0.25) is 5.02 Å². The van der Waals surface area contributed by atoms with Gasteiger partial charge in [0.1, 0.15) is 17.8 Å². The van der Waals surface area contributed by atoms with E-state index in [2.05, 4.69) is 58.2 Å². The van der Waals surface area contributed by atoms with Crippen molar-refractivity contribution < 1.29 is 15.6 Å². The Hall–Kier alpha value is -7.31. The summed E-state index contributed by atoms with van der Waals surface area (Å²) in [6.45, 7) is 9.06. The Morgan fingerprint density at radius 2 is 1.38 bits per heavy atom. The molecule has 0 aliphatic carbocycles. The topological polar surface area (TPSA) is 224 Å². The highest BCUT2D eigenvalue weighted by atomic mass is 35.5. The zero-order valence-electron chi connectivity index (χ0n) is 37.8. The minimum Gasteiger partial charge on any atom is -0.383 e. The Morgan fingerprint density at radius 1 is 0.812 bits per heavy atom. The summed E-state index contributed by atoms with van der Waals surface area (Å²) >= 11 is 5.71. The molecule has 3 aromatic heterocycles. The summed E-state index contributed by atoms with van der Waals surface area (Å²) in [7, 11) is 7.38. The molecule has 2 aliphatic rings. The molecule has 2 aromatic carbocycles. The number of nitrogens with zero attached hydrogens (tertiary/aromatic N) is 11. The van der Waals surface area contributed by atoms with Gasteiger partial charge in [-0.2, -0.15) is 10.5 Å². The third kappa shape index (κ3) is 15.2. The van der Waals surface area contributed by atoms with Gasteiger partial charge in [0.2, 0.25) is 11.7 Å². The van der Waals surface area contributed by atoms with Crippen molar-refractivity contribution in [3.63, 3.8) is 0 Å². The molecular weight excluding hydrogens is 832 g/mol. The first-order valence-electron chi connectivity index (χ1n) is 20.9. The predicted molar refractivity (Wildman–Crippen MR) is 254 cm³/mol. The molecular formula is C46H55ClN14O3. The third-order valence-electron chi connectivity index (χ3n) is 9.09. The molecule has 17 nitrogen and oxygen atoms in total. The Kier molecular flexibility index (Phi) is 19.1. The first-order valence-corrected chi connectivity index (χ1v) is 20.6. The molecule has 2 saturated heterocycles. The number of nitriles is 2. The molecule has 0 amide bonds. The first-order chi connectivity index (χ1) is 31.3. The highest BCUT2D eigenvalue weighted by Gasteiger charge is 2.14. The van der Waals surface area contributed by atoms with Crippen LogP contribution in [0.25, 0.3) is 11.4 Å². The number of aliphatic imine (C=N–C) groups is 1. The van der Waals surface area contributed by atoms with Gasteiger partial charge in [0.25, 0.3) is 0 Å². The molecule has 64 heavy (non-hydrogen) atoms. The lowest BCUT2D eigenvalue weighted by atomic mass is 10.2. The number of carbonyl (C=O) groups is 1. The number of carbonyl (C=O) groups excluding carboxylic acids is 1. The lowest BCUT2D eigenvalue weighted by Gasteiger charge is -2.28. The summed E-state index contributed by atoms with van der Waals surface area (Å²) in [6.07, 6.45) is 4.68. The van der Waals surface area contributed by atoms with Crippen LogP contribution in [0, 0.1) is 22.7 Å². The number of morpholine rings is 2. The molecule has 7 rings (SSSR count). The third-order valence-corrected chi connectivity index (χ3v) is 9.40. The smallest absolute Gasteiger partial charge is 0.227 e. The van der Waals surface area contributed by atoms with Gasteiger partial charge in [-0.15, -0.1) is 0 Å². The summed E-state index contributed by atoms with van der Waals surface area (Å²) < 4.78 is 16.9. The van der Waals surface area contributed by atoms with Gasteiger partial charge in [0, 0.05) is 91.3 Å². The van der Waals surface area contributed by atoms with Gasteiger partial charge < -0.3 is 45.9 Å². The molecule has 334 valence electrons. The average Bonchev–Trinajstić information content (AvgIpc) is 3.32. The first kappa shape index (κ1) is 47.7. The Labute approximate surface area is 381 Å². The van der Waals surface area contributed by atoms with Crippen molar-refractivity contribution in [2.45, 2.75) is 13.8 Å². The van der Waals surface area contributed by atoms with E-state index in [9.17, 15) is 10.1 Å². The van der Waals surface area contributed by atoms with Gasteiger partial charge in [-0.25, -0.2) is 24.9 Å². The summed E-state index contributed by atoms with van der Waals surface area (Å²) in [4.78, 5) is 41.0. The fraction of sp³-hybridized carbons (Fsp3) is 0.304. The Balaban J connectivity index is 0.000000224. The van der Waals surface area contributed by atoms with Crippen LogP contribution in [-0.4, -0.2) is 117 Å². The lowest BCUT2D eigenvalue weighted by Crippen LogP contribution is -2.36. The molecule has 0 bridgehead atoms. The second-order valence-electron chi connectivity index (χ2n) is 14.0. The standard InChI is InChI=1S/C22H23N7O.C11H10ClN3O.C11H16N4O.C2H6/c1-28(2)21-8-7-18(26-20(21)15-23)19-9-10-24-22(27-19)25-16-3-5-17(6-4-16)29-11-13-30-14-12-29;1-15(2)6-5-11(16)9-4-3-8(12)10(7-13)14-9;12-11(13)14-9-1-3-10(4-2-9)15-5-7-16-8-6-15;1-2/h3-10H,11-14H2,1-2H3,(H,24,25,27);3-6H,1-2H3;1-4H,5-8H2,(H4,12,13,14);1-2H3/b;6-5+;;/i;;;1D. The minimum atomic E-state index is -0.262. The Morgan fingerprint density at radius 3 is 1.91 bits per heavy atom. The second-order valence-corrected chi connectivity index (χ2v) is 14.4. The van der Waals surface area contributed by atoms with E-state index >= 15 is 0 Å². The number of halogens is 1.